The third-order valence-electron chi connectivity index (χ3n) is 10.7. The SMILES string of the molecule is C[C@]12CC[C@H](NC(=O)CN)C[C@@]1(O)CC[C@@H]1[C@@H]2CC[C@]2(C)[C@@H](c3ccc(=O)oc3)CC[C@]12O. The van der Waals surface area contributed by atoms with E-state index in [1.54, 1.807) is 6.26 Å². The van der Waals surface area contributed by atoms with Crippen LogP contribution >= 0.6 is 0 Å². The van der Waals surface area contributed by atoms with E-state index < -0.39 is 11.2 Å². The van der Waals surface area contributed by atoms with Gasteiger partial charge in [0.15, 0.2) is 0 Å². The molecule has 0 unspecified atom stereocenters. The molecule has 8 atom stereocenters. The molecule has 4 aliphatic carbocycles. The van der Waals surface area contributed by atoms with Gasteiger partial charge in [0.05, 0.1) is 24.0 Å². The average Bonchev–Trinajstić information content (AvgIpc) is 3.06. The highest BCUT2D eigenvalue weighted by atomic mass is 16.4. The number of carbonyl (C=O) groups excluding carboxylic acids is 1. The van der Waals surface area contributed by atoms with E-state index >= 15 is 0 Å². The van der Waals surface area contributed by atoms with Crippen molar-refractivity contribution in [1.82, 2.24) is 5.32 Å². The van der Waals surface area contributed by atoms with Crippen LogP contribution in [-0.4, -0.2) is 39.9 Å². The number of nitrogens with one attached hydrogen (secondary N) is 1. The minimum Gasteiger partial charge on any atom is -0.431 e. The van der Waals surface area contributed by atoms with Crippen LogP contribution in [0.5, 0.6) is 0 Å². The zero-order chi connectivity index (χ0) is 23.6. The molecule has 5 rings (SSSR count). The molecule has 0 aromatic carbocycles. The van der Waals surface area contributed by atoms with Crippen LogP contribution in [0.2, 0.25) is 0 Å². The number of nitrogens with two attached hydrogens (primary N) is 1. The van der Waals surface area contributed by atoms with Gasteiger partial charge < -0.3 is 25.7 Å². The molecule has 0 radical (unpaired) electrons. The molecule has 4 aliphatic rings. The third-order valence-corrected chi connectivity index (χ3v) is 10.7. The highest BCUT2D eigenvalue weighted by Crippen LogP contribution is 2.71. The van der Waals surface area contributed by atoms with Crippen molar-refractivity contribution in [2.75, 3.05) is 6.54 Å². The van der Waals surface area contributed by atoms with Crippen molar-refractivity contribution in [2.24, 2.45) is 28.4 Å². The van der Waals surface area contributed by atoms with E-state index in [2.05, 4.69) is 19.2 Å². The molecule has 1 heterocycles. The summed E-state index contributed by atoms with van der Waals surface area (Å²) < 4.78 is 5.17. The third kappa shape index (κ3) is 3.18. The lowest BCUT2D eigenvalue weighted by Crippen LogP contribution is -2.68. The lowest BCUT2D eigenvalue weighted by Gasteiger charge is -2.66. The summed E-state index contributed by atoms with van der Waals surface area (Å²) in [5.74, 6) is 0.367. The quantitative estimate of drug-likeness (QED) is 0.551. The Morgan fingerprint density at radius 2 is 1.79 bits per heavy atom. The van der Waals surface area contributed by atoms with Crippen molar-refractivity contribution in [3.8, 4) is 0 Å². The first-order valence-electron chi connectivity index (χ1n) is 12.6. The Balaban J connectivity index is 1.42. The molecule has 5 N–H and O–H groups in total. The fraction of sp³-hybridized carbons (Fsp3) is 0.769. The molecule has 7 heteroatoms. The maximum Gasteiger partial charge on any atom is 0.335 e. The topological polar surface area (TPSA) is 126 Å². The smallest absolute Gasteiger partial charge is 0.335 e. The summed E-state index contributed by atoms with van der Waals surface area (Å²) in [4.78, 5) is 23.3. The van der Waals surface area contributed by atoms with Crippen molar-refractivity contribution in [3.63, 3.8) is 0 Å². The lowest BCUT2D eigenvalue weighted by molar-refractivity contribution is -0.247. The highest BCUT2D eigenvalue weighted by Gasteiger charge is 2.69. The molecular formula is C26H38N2O5. The Hall–Kier alpha value is -1.70. The molecule has 0 aliphatic heterocycles. The number of hydrogen-bond acceptors (Lipinski definition) is 6. The van der Waals surface area contributed by atoms with E-state index in [1.165, 1.54) is 6.07 Å². The number of aliphatic hydroxyl groups is 2. The van der Waals surface area contributed by atoms with Gasteiger partial charge in [-0.15, -0.1) is 0 Å². The minimum atomic E-state index is -0.843. The second kappa shape index (κ2) is 7.65. The van der Waals surface area contributed by atoms with Crippen LogP contribution in [0.25, 0.3) is 0 Å². The zero-order valence-corrected chi connectivity index (χ0v) is 19.8. The maximum absolute atomic E-state index is 12.3. The standard InChI is InChI=1S/C26H38N2O5/c1-23-9-5-17(28-21(29)14-27)13-25(23,31)11-7-20-19(23)6-10-24(2)18(8-12-26(20,24)32)16-3-4-22(30)33-15-16/h3-4,15,17-20,31-32H,5-14,27H2,1-2H3,(H,28,29)/t17-,18+,19-,20+,23+,24+,25-,26-/m0/s1. The van der Waals surface area contributed by atoms with E-state index in [-0.39, 0.29) is 52.7 Å². The Morgan fingerprint density at radius 1 is 1.06 bits per heavy atom. The normalized spacial score (nSPS) is 46.7. The fourth-order valence-electron chi connectivity index (χ4n) is 8.74. The number of carbonyl (C=O) groups is 1. The molecule has 1 aromatic rings. The Morgan fingerprint density at radius 3 is 2.48 bits per heavy atom. The van der Waals surface area contributed by atoms with Gasteiger partial charge in [-0.1, -0.05) is 13.8 Å². The largest absolute Gasteiger partial charge is 0.431 e. The number of hydrogen-bond donors (Lipinski definition) is 4. The van der Waals surface area contributed by atoms with E-state index in [4.69, 9.17) is 10.2 Å². The first-order chi connectivity index (χ1) is 15.6. The molecule has 1 aromatic heterocycles. The van der Waals surface area contributed by atoms with Crippen LogP contribution in [0.1, 0.15) is 83.1 Å². The van der Waals surface area contributed by atoms with Crippen LogP contribution in [0.4, 0.5) is 0 Å². The van der Waals surface area contributed by atoms with Gasteiger partial charge in [-0.2, -0.15) is 0 Å². The van der Waals surface area contributed by atoms with Crippen LogP contribution < -0.4 is 16.7 Å². The Bertz CT molecular complexity index is 975. The van der Waals surface area contributed by atoms with Crippen LogP contribution in [-0.2, 0) is 4.79 Å². The van der Waals surface area contributed by atoms with E-state index in [0.717, 1.165) is 50.5 Å². The first-order valence-corrected chi connectivity index (χ1v) is 12.6. The lowest BCUT2D eigenvalue weighted by atomic mass is 9.42. The fourth-order valence-corrected chi connectivity index (χ4v) is 8.74. The van der Waals surface area contributed by atoms with Crippen molar-refractivity contribution in [3.05, 3.63) is 34.4 Å². The molecule has 33 heavy (non-hydrogen) atoms. The summed E-state index contributed by atoms with van der Waals surface area (Å²) in [5, 5.41) is 27.2. The van der Waals surface area contributed by atoms with E-state index in [9.17, 15) is 19.8 Å². The number of rotatable bonds is 3. The molecule has 4 fully saturated rings. The van der Waals surface area contributed by atoms with Crippen LogP contribution in [0.15, 0.2) is 27.6 Å². The van der Waals surface area contributed by atoms with Gasteiger partial charge in [-0.25, -0.2) is 4.79 Å². The molecule has 7 nitrogen and oxygen atoms in total. The van der Waals surface area contributed by atoms with Crippen molar-refractivity contribution >= 4 is 5.91 Å². The predicted octanol–water partition coefficient (Wildman–Crippen LogP) is 2.44. The Labute approximate surface area is 195 Å². The van der Waals surface area contributed by atoms with E-state index in [0.29, 0.717) is 12.8 Å². The number of fused-ring (bicyclic) bond motifs is 5. The van der Waals surface area contributed by atoms with Crippen molar-refractivity contribution < 1.29 is 19.4 Å². The van der Waals surface area contributed by atoms with Gasteiger partial charge in [0.25, 0.3) is 0 Å². The summed E-state index contributed by atoms with van der Waals surface area (Å²) in [6.07, 6.45) is 8.68. The molecule has 0 bridgehead atoms. The first kappa shape index (κ1) is 23.1. The van der Waals surface area contributed by atoms with Crippen molar-refractivity contribution in [2.45, 2.75) is 94.8 Å². The summed E-state index contributed by atoms with van der Waals surface area (Å²) in [5.41, 5.74) is 3.92. The molecule has 182 valence electrons. The molecule has 4 saturated carbocycles. The summed E-state index contributed by atoms with van der Waals surface area (Å²) in [6, 6.07) is 3.29. The molecular weight excluding hydrogens is 420 g/mol. The summed E-state index contributed by atoms with van der Waals surface area (Å²) >= 11 is 0. The summed E-state index contributed by atoms with van der Waals surface area (Å²) in [6.45, 7) is 4.40. The van der Waals surface area contributed by atoms with Crippen LogP contribution in [0.3, 0.4) is 0 Å². The van der Waals surface area contributed by atoms with Crippen LogP contribution in [0, 0.1) is 22.7 Å². The Kier molecular flexibility index (Phi) is 5.35. The average molecular weight is 459 g/mol. The second-order valence-corrected chi connectivity index (χ2v) is 11.8. The second-order valence-electron chi connectivity index (χ2n) is 11.8. The van der Waals surface area contributed by atoms with Gasteiger partial charge in [-0.05, 0) is 92.6 Å². The van der Waals surface area contributed by atoms with Gasteiger partial charge in [0, 0.05) is 17.5 Å². The maximum atomic E-state index is 12.3. The van der Waals surface area contributed by atoms with E-state index in [1.807, 2.05) is 6.07 Å². The van der Waals surface area contributed by atoms with Crippen molar-refractivity contribution in [1.29, 1.82) is 0 Å². The molecule has 0 saturated heterocycles. The van der Waals surface area contributed by atoms with Gasteiger partial charge in [0.2, 0.25) is 5.91 Å². The highest BCUT2D eigenvalue weighted by molar-refractivity contribution is 5.78. The minimum absolute atomic E-state index is 0.0332. The van der Waals surface area contributed by atoms with Gasteiger partial charge in [0.1, 0.15) is 0 Å². The molecule has 1 amide bonds. The number of amides is 1. The predicted molar refractivity (Wildman–Crippen MR) is 123 cm³/mol. The zero-order valence-electron chi connectivity index (χ0n) is 19.8. The van der Waals surface area contributed by atoms with Gasteiger partial charge in [-0.3, -0.25) is 4.79 Å². The summed E-state index contributed by atoms with van der Waals surface area (Å²) in [7, 11) is 0. The molecule has 0 spiro atoms. The van der Waals surface area contributed by atoms with Gasteiger partial charge >= 0.3 is 5.63 Å². The monoisotopic (exact) mass is 458 g/mol.